The summed E-state index contributed by atoms with van der Waals surface area (Å²) in [7, 11) is 2.09. The molecule has 2 nitrogen and oxygen atoms in total. The van der Waals surface area contributed by atoms with Gasteiger partial charge >= 0.3 is 0 Å². The van der Waals surface area contributed by atoms with Crippen LogP contribution in [0.1, 0.15) is 29.5 Å². The van der Waals surface area contributed by atoms with Crippen molar-refractivity contribution in [3.63, 3.8) is 0 Å². The van der Waals surface area contributed by atoms with Gasteiger partial charge in [-0.05, 0) is 49.4 Å². The monoisotopic (exact) mass is 290 g/mol. The number of nitriles is 1. The molecule has 0 saturated carbocycles. The number of hydrogen-bond donors (Lipinski definition) is 0. The van der Waals surface area contributed by atoms with Crippen LogP contribution in [0, 0.1) is 11.3 Å². The van der Waals surface area contributed by atoms with Crippen molar-refractivity contribution in [3.8, 4) is 6.07 Å². The highest BCUT2D eigenvalue weighted by atomic mass is 15.2. The maximum absolute atomic E-state index is 9.90. The number of fused-ring (bicyclic) bond motifs is 1. The molecule has 112 valence electrons. The van der Waals surface area contributed by atoms with Gasteiger partial charge in [-0.1, -0.05) is 54.6 Å². The molecule has 0 bridgehead atoms. The Kier molecular flexibility index (Phi) is 4.27. The van der Waals surface area contributed by atoms with Crippen molar-refractivity contribution >= 4 is 0 Å². The first-order valence-electron chi connectivity index (χ1n) is 7.97. The van der Waals surface area contributed by atoms with Crippen molar-refractivity contribution in [1.82, 2.24) is 4.90 Å². The molecule has 0 fully saturated rings. The lowest BCUT2D eigenvalue weighted by Gasteiger charge is -2.35. The molecule has 22 heavy (non-hydrogen) atoms. The molecular formula is C20H22N2. The molecule has 0 radical (unpaired) electrons. The van der Waals surface area contributed by atoms with Gasteiger partial charge in [0, 0.05) is 6.54 Å². The van der Waals surface area contributed by atoms with E-state index in [1.165, 1.54) is 16.7 Å². The normalized spacial score (nSPS) is 16.6. The van der Waals surface area contributed by atoms with E-state index in [4.69, 9.17) is 0 Å². The highest BCUT2D eigenvalue weighted by Crippen LogP contribution is 2.32. The van der Waals surface area contributed by atoms with E-state index in [-0.39, 0.29) is 5.54 Å². The van der Waals surface area contributed by atoms with Crippen LogP contribution in [0.3, 0.4) is 0 Å². The number of aryl methyl sites for hydroxylation is 2. The van der Waals surface area contributed by atoms with Gasteiger partial charge in [0.25, 0.3) is 0 Å². The molecule has 0 saturated heterocycles. The zero-order chi connectivity index (χ0) is 15.4. The number of rotatable bonds is 3. The van der Waals surface area contributed by atoms with Crippen molar-refractivity contribution < 1.29 is 0 Å². The molecule has 0 aliphatic heterocycles. The summed E-state index contributed by atoms with van der Waals surface area (Å²) in [5, 5.41) is 9.90. The Morgan fingerprint density at radius 1 is 0.955 bits per heavy atom. The Hall–Kier alpha value is -2.11. The van der Waals surface area contributed by atoms with Gasteiger partial charge < -0.3 is 0 Å². The van der Waals surface area contributed by atoms with Crippen molar-refractivity contribution in [2.24, 2.45) is 0 Å². The topological polar surface area (TPSA) is 27.0 Å². The summed E-state index contributed by atoms with van der Waals surface area (Å²) in [5.41, 5.74) is 3.72. The van der Waals surface area contributed by atoms with Crippen LogP contribution in [-0.2, 0) is 19.4 Å². The number of benzene rings is 2. The fourth-order valence-corrected chi connectivity index (χ4v) is 3.44. The summed E-state index contributed by atoms with van der Waals surface area (Å²) < 4.78 is 0. The first-order chi connectivity index (χ1) is 10.7. The van der Waals surface area contributed by atoms with Gasteiger partial charge in [0.05, 0.1) is 6.07 Å². The summed E-state index contributed by atoms with van der Waals surface area (Å²) >= 11 is 0. The Labute approximate surface area is 133 Å². The number of nitrogens with zero attached hydrogens (tertiary/aromatic N) is 2. The average molecular weight is 290 g/mol. The first kappa shape index (κ1) is 14.8. The van der Waals surface area contributed by atoms with Gasteiger partial charge in [0.2, 0.25) is 0 Å². The minimum absolute atomic E-state index is 0.366. The Morgan fingerprint density at radius 3 is 2.05 bits per heavy atom. The molecular weight excluding hydrogens is 268 g/mol. The second kappa shape index (κ2) is 6.34. The van der Waals surface area contributed by atoms with E-state index in [1.54, 1.807) is 0 Å². The van der Waals surface area contributed by atoms with Crippen molar-refractivity contribution in [2.45, 2.75) is 37.8 Å². The van der Waals surface area contributed by atoms with Crippen LogP contribution in [0.2, 0.25) is 0 Å². The van der Waals surface area contributed by atoms with Gasteiger partial charge in [-0.3, -0.25) is 4.90 Å². The molecule has 0 N–H and O–H groups in total. The fraction of sp³-hybridized carbons (Fsp3) is 0.350. The van der Waals surface area contributed by atoms with Crippen molar-refractivity contribution in [2.75, 3.05) is 7.05 Å². The summed E-state index contributed by atoms with van der Waals surface area (Å²) in [4.78, 5) is 2.24. The van der Waals surface area contributed by atoms with E-state index in [1.807, 2.05) is 6.07 Å². The number of hydrogen-bond acceptors (Lipinski definition) is 2. The van der Waals surface area contributed by atoms with Gasteiger partial charge in [-0.15, -0.1) is 0 Å². The quantitative estimate of drug-likeness (QED) is 0.800. The molecule has 3 rings (SSSR count). The zero-order valence-corrected chi connectivity index (χ0v) is 13.1. The summed E-state index contributed by atoms with van der Waals surface area (Å²) in [6.07, 6.45) is 3.79. The lowest BCUT2D eigenvalue weighted by atomic mass is 9.89. The van der Waals surface area contributed by atoms with Crippen LogP contribution in [0.5, 0.6) is 0 Å². The molecule has 0 heterocycles. The molecule has 0 atom stereocenters. The predicted molar refractivity (Wildman–Crippen MR) is 89.3 cm³/mol. The molecule has 0 unspecified atom stereocenters. The Balaban J connectivity index is 1.80. The van der Waals surface area contributed by atoms with E-state index in [2.05, 4.69) is 66.5 Å². The molecule has 1 aliphatic rings. The van der Waals surface area contributed by atoms with Gasteiger partial charge in [-0.2, -0.15) is 5.26 Å². The molecule has 0 aromatic heterocycles. The third-order valence-electron chi connectivity index (χ3n) is 4.94. The first-order valence-corrected chi connectivity index (χ1v) is 7.97. The van der Waals surface area contributed by atoms with Crippen LogP contribution in [0.4, 0.5) is 0 Å². The Bertz CT molecular complexity index is 643. The minimum atomic E-state index is -0.366. The van der Waals surface area contributed by atoms with E-state index in [0.29, 0.717) is 0 Å². The zero-order valence-electron chi connectivity index (χ0n) is 13.1. The molecule has 2 heteroatoms. The highest BCUT2D eigenvalue weighted by molar-refractivity contribution is 5.31. The van der Waals surface area contributed by atoms with E-state index in [9.17, 15) is 5.26 Å². The predicted octanol–water partition coefficient (Wildman–Crippen LogP) is 3.96. The lowest BCUT2D eigenvalue weighted by molar-refractivity contribution is 0.148. The second-order valence-electron chi connectivity index (χ2n) is 6.25. The average Bonchev–Trinajstić information content (AvgIpc) is 2.76. The van der Waals surface area contributed by atoms with E-state index >= 15 is 0 Å². The van der Waals surface area contributed by atoms with Crippen LogP contribution < -0.4 is 0 Å². The summed E-state index contributed by atoms with van der Waals surface area (Å²) in [6.45, 7) is 0.824. The van der Waals surface area contributed by atoms with Gasteiger partial charge in [0.1, 0.15) is 5.54 Å². The van der Waals surface area contributed by atoms with Crippen LogP contribution in [0.15, 0.2) is 54.6 Å². The second-order valence-corrected chi connectivity index (χ2v) is 6.25. The largest absolute Gasteiger partial charge is 0.284 e. The van der Waals surface area contributed by atoms with Crippen molar-refractivity contribution in [3.05, 3.63) is 71.3 Å². The van der Waals surface area contributed by atoms with E-state index < -0.39 is 0 Å². The maximum Gasteiger partial charge on any atom is 0.109 e. The van der Waals surface area contributed by atoms with E-state index in [0.717, 1.165) is 32.2 Å². The summed E-state index contributed by atoms with van der Waals surface area (Å²) in [6, 6.07) is 21.7. The lowest BCUT2D eigenvalue weighted by Crippen LogP contribution is -2.45. The smallest absolute Gasteiger partial charge is 0.109 e. The molecule has 2 aromatic rings. The fourth-order valence-electron chi connectivity index (χ4n) is 3.44. The molecule has 0 amide bonds. The molecule has 1 aliphatic carbocycles. The van der Waals surface area contributed by atoms with Crippen LogP contribution in [0.25, 0.3) is 0 Å². The standard InChI is InChI=1S/C20H22N2/c1-22(15-17-7-3-2-4-8-17)20(16-21)13-11-18-9-5-6-10-19(18)12-14-20/h2-10H,11-15H2,1H3. The molecule has 0 spiro atoms. The SMILES string of the molecule is CN(Cc1ccccc1)C1(C#N)CCc2ccccc2CC1. The summed E-state index contributed by atoms with van der Waals surface area (Å²) in [5.74, 6) is 0. The minimum Gasteiger partial charge on any atom is -0.284 e. The third kappa shape index (κ3) is 2.91. The maximum atomic E-state index is 9.90. The molecule has 2 aromatic carbocycles. The van der Waals surface area contributed by atoms with Gasteiger partial charge in [-0.25, -0.2) is 0 Å². The van der Waals surface area contributed by atoms with Crippen molar-refractivity contribution in [1.29, 1.82) is 5.26 Å². The highest BCUT2D eigenvalue weighted by Gasteiger charge is 2.36. The van der Waals surface area contributed by atoms with Crippen LogP contribution in [-0.4, -0.2) is 17.5 Å². The Morgan fingerprint density at radius 2 is 1.50 bits per heavy atom. The van der Waals surface area contributed by atoms with Gasteiger partial charge in [0.15, 0.2) is 0 Å². The third-order valence-corrected chi connectivity index (χ3v) is 4.94. The van der Waals surface area contributed by atoms with Crippen LogP contribution >= 0.6 is 0 Å².